The second kappa shape index (κ2) is 7.80. The van der Waals surface area contributed by atoms with E-state index in [2.05, 4.69) is 0 Å². The Morgan fingerprint density at radius 2 is 2.23 bits per heavy atom. The van der Waals surface area contributed by atoms with E-state index in [1.165, 1.54) is 17.8 Å². The fourth-order valence-corrected chi connectivity index (χ4v) is 3.27. The van der Waals surface area contributed by atoms with Crippen molar-refractivity contribution in [3.63, 3.8) is 0 Å². The van der Waals surface area contributed by atoms with Crippen LogP contribution >= 0.6 is 24.2 Å². The average molecular weight is 346 g/mol. The predicted molar refractivity (Wildman–Crippen MR) is 89.8 cm³/mol. The number of likely N-dealkylation sites (tertiary alicyclic amines) is 1. The molecular weight excluding hydrogens is 326 g/mol. The lowest BCUT2D eigenvalue weighted by Gasteiger charge is -2.21. The van der Waals surface area contributed by atoms with Gasteiger partial charge >= 0.3 is 0 Å². The lowest BCUT2D eigenvalue weighted by atomic mass is 10.1. The molecule has 1 aromatic rings. The third-order valence-corrected chi connectivity index (χ3v) is 4.66. The maximum absolute atomic E-state index is 12.5. The zero-order valence-electron chi connectivity index (χ0n) is 12.5. The van der Waals surface area contributed by atoms with E-state index in [0.29, 0.717) is 29.5 Å². The number of hydrogen-bond donors (Lipinski definition) is 1. The molecule has 1 saturated heterocycles. The summed E-state index contributed by atoms with van der Waals surface area (Å²) in [5, 5.41) is 11.1. The third-order valence-electron chi connectivity index (χ3n) is 3.88. The summed E-state index contributed by atoms with van der Waals surface area (Å²) >= 11 is 1.30. The van der Waals surface area contributed by atoms with Crippen molar-refractivity contribution >= 4 is 35.8 Å². The number of carbonyl (C=O) groups is 1. The van der Waals surface area contributed by atoms with E-state index in [9.17, 15) is 14.9 Å². The molecule has 0 spiro atoms. The van der Waals surface area contributed by atoms with Gasteiger partial charge in [-0.1, -0.05) is 0 Å². The van der Waals surface area contributed by atoms with Gasteiger partial charge in [-0.3, -0.25) is 14.9 Å². The van der Waals surface area contributed by atoms with Crippen molar-refractivity contribution in [1.29, 1.82) is 0 Å². The Morgan fingerprint density at radius 1 is 1.55 bits per heavy atom. The van der Waals surface area contributed by atoms with Crippen molar-refractivity contribution < 1.29 is 9.72 Å². The maximum Gasteiger partial charge on any atom is 0.283 e. The van der Waals surface area contributed by atoms with Gasteiger partial charge in [-0.2, -0.15) is 0 Å². The van der Waals surface area contributed by atoms with Gasteiger partial charge in [0, 0.05) is 24.2 Å². The number of nitro groups is 1. The molecule has 22 heavy (non-hydrogen) atoms. The smallest absolute Gasteiger partial charge is 0.283 e. The quantitative estimate of drug-likeness (QED) is 0.514. The molecule has 8 heteroatoms. The number of nitro benzene ring substituents is 1. The second-order valence-electron chi connectivity index (χ2n) is 5.29. The van der Waals surface area contributed by atoms with E-state index in [1.54, 1.807) is 23.3 Å². The Morgan fingerprint density at radius 3 is 2.73 bits per heavy atom. The number of nitrogens with zero attached hydrogens (tertiary/aromatic N) is 2. The standard InChI is InChI=1S/C14H19N3O3S.ClH/c1-9-5-10(7-15)8-16(9)14(18)11-3-4-13(21-2)12(6-11)17(19)20;/h3-4,6,9-10H,5,7-8,15H2,1-2H3;1H. The Labute approximate surface area is 140 Å². The summed E-state index contributed by atoms with van der Waals surface area (Å²) in [6.45, 7) is 3.16. The third kappa shape index (κ3) is 3.71. The molecular formula is C14H20ClN3O3S. The van der Waals surface area contributed by atoms with Crippen LogP contribution in [0.4, 0.5) is 5.69 Å². The first-order valence-electron chi connectivity index (χ1n) is 6.81. The van der Waals surface area contributed by atoms with Gasteiger partial charge in [0.1, 0.15) is 0 Å². The van der Waals surface area contributed by atoms with Crippen LogP contribution in [0.5, 0.6) is 0 Å². The minimum atomic E-state index is -0.446. The number of carbonyl (C=O) groups excluding carboxylic acids is 1. The molecule has 1 aliphatic rings. The molecule has 0 bridgehead atoms. The molecule has 0 aliphatic carbocycles. The molecule has 122 valence electrons. The first-order valence-corrected chi connectivity index (χ1v) is 8.03. The highest BCUT2D eigenvalue weighted by Gasteiger charge is 2.32. The lowest BCUT2D eigenvalue weighted by molar-refractivity contribution is -0.387. The summed E-state index contributed by atoms with van der Waals surface area (Å²) in [5.41, 5.74) is 6.02. The van der Waals surface area contributed by atoms with Gasteiger partial charge in [-0.25, -0.2) is 0 Å². The molecule has 2 rings (SSSR count). The van der Waals surface area contributed by atoms with Gasteiger partial charge in [-0.05, 0) is 44.2 Å². The van der Waals surface area contributed by atoms with Crippen molar-refractivity contribution in [1.82, 2.24) is 4.90 Å². The zero-order chi connectivity index (χ0) is 15.6. The fraction of sp³-hybridized carbons (Fsp3) is 0.500. The van der Waals surface area contributed by atoms with E-state index < -0.39 is 4.92 Å². The first kappa shape index (κ1) is 18.7. The van der Waals surface area contributed by atoms with E-state index in [4.69, 9.17) is 5.73 Å². The zero-order valence-corrected chi connectivity index (χ0v) is 14.2. The summed E-state index contributed by atoms with van der Waals surface area (Å²) < 4.78 is 0. The Kier molecular flexibility index (Phi) is 6.65. The van der Waals surface area contributed by atoms with Gasteiger partial charge in [-0.15, -0.1) is 24.2 Å². The van der Waals surface area contributed by atoms with Crippen molar-refractivity contribution in [2.75, 3.05) is 19.3 Å². The van der Waals surface area contributed by atoms with Crippen LogP contribution in [0.25, 0.3) is 0 Å². The van der Waals surface area contributed by atoms with Crippen LogP contribution in [0.1, 0.15) is 23.7 Å². The first-order chi connectivity index (χ1) is 9.97. The minimum absolute atomic E-state index is 0. The molecule has 2 unspecified atom stereocenters. The van der Waals surface area contributed by atoms with Crippen LogP contribution in [-0.4, -0.2) is 41.1 Å². The molecule has 0 radical (unpaired) electrons. The highest BCUT2D eigenvalue weighted by molar-refractivity contribution is 7.98. The highest BCUT2D eigenvalue weighted by Crippen LogP contribution is 2.30. The number of halogens is 1. The van der Waals surface area contributed by atoms with Gasteiger partial charge in [0.05, 0.1) is 9.82 Å². The molecule has 2 N–H and O–H groups in total. The SMILES string of the molecule is CSc1ccc(C(=O)N2CC(CN)CC2C)cc1[N+](=O)[O-].Cl. The van der Waals surface area contributed by atoms with Crippen molar-refractivity contribution in [3.8, 4) is 0 Å². The van der Waals surface area contributed by atoms with Gasteiger partial charge < -0.3 is 10.6 Å². The summed E-state index contributed by atoms with van der Waals surface area (Å²) in [7, 11) is 0. The average Bonchev–Trinajstić information content (AvgIpc) is 2.86. The molecule has 1 heterocycles. The summed E-state index contributed by atoms with van der Waals surface area (Å²) in [5.74, 6) is 0.151. The number of amides is 1. The van der Waals surface area contributed by atoms with Gasteiger partial charge in [0.15, 0.2) is 0 Å². The summed E-state index contributed by atoms with van der Waals surface area (Å²) in [6.07, 6.45) is 2.66. The largest absolute Gasteiger partial charge is 0.336 e. The molecule has 1 amide bonds. The van der Waals surface area contributed by atoms with Crippen LogP contribution in [0, 0.1) is 16.0 Å². The van der Waals surface area contributed by atoms with Crippen LogP contribution in [0.15, 0.2) is 23.1 Å². The van der Waals surface area contributed by atoms with Crippen molar-refractivity contribution in [3.05, 3.63) is 33.9 Å². The van der Waals surface area contributed by atoms with Crippen LogP contribution in [0.3, 0.4) is 0 Å². The van der Waals surface area contributed by atoms with Crippen LogP contribution < -0.4 is 5.73 Å². The van der Waals surface area contributed by atoms with E-state index in [0.717, 1.165) is 6.42 Å². The molecule has 2 atom stereocenters. The normalized spacial score (nSPS) is 20.6. The number of rotatable bonds is 4. The lowest BCUT2D eigenvalue weighted by Crippen LogP contribution is -2.34. The van der Waals surface area contributed by atoms with E-state index in [-0.39, 0.29) is 30.0 Å². The van der Waals surface area contributed by atoms with Gasteiger partial charge in [0.2, 0.25) is 0 Å². The van der Waals surface area contributed by atoms with E-state index in [1.807, 2.05) is 6.92 Å². The van der Waals surface area contributed by atoms with E-state index >= 15 is 0 Å². The summed E-state index contributed by atoms with van der Waals surface area (Å²) in [6, 6.07) is 4.78. The van der Waals surface area contributed by atoms with Crippen LogP contribution in [-0.2, 0) is 0 Å². The topological polar surface area (TPSA) is 89.5 Å². The molecule has 1 fully saturated rings. The highest BCUT2D eigenvalue weighted by atomic mass is 35.5. The van der Waals surface area contributed by atoms with Crippen molar-refractivity contribution in [2.24, 2.45) is 11.7 Å². The molecule has 6 nitrogen and oxygen atoms in total. The molecule has 1 aliphatic heterocycles. The Hall–Kier alpha value is -1.31. The number of benzene rings is 1. The molecule has 0 aromatic heterocycles. The Bertz CT molecular complexity index is 570. The second-order valence-corrected chi connectivity index (χ2v) is 6.14. The Balaban J connectivity index is 0.00000242. The summed E-state index contributed by atoms with van der Waals surface area (Å²) in [4.78, 5) is 25.5. The van der Waals surface area contributed by atoms with Gasteiger partial charge in [0.25, 0.3) is 11.6 Å². The fourth-order valence-electron chi connectivity index (χ4n) is 2.73. The number of hydrogen-bond acceptors (Lipinski definition) is 5. The van der Waals surface area contributed by atoms with Crippen molar-refractivity contribution in [2.45, 2.75) is 24.3 Å². The molecule has 0 saturated carbocycles. The predicted octanol–water partition coefficient (Wildman–Crippen LogP) is 2.55. The van der Waals surface area contributed by atoms with Crippen LogP contribution in [0.2, 0.25) is 0 Å². The monoisotopic (exact) mass is 345 g/mol. The maximum atomic E-state index is 12.5. The molecule has 1 aromatic carbocycles. The number of thioether (sulfide) groups is 1. The minimum Gasteiger partial charge on any atom is -0.336 e. The number of nitrogens with two attached hydrogens (primary N) is 1.